The zero-order chi connectivity index (χ0) is 11.6. The molecule has 0 unspecified atom stereocenters. The first-order valence-electron chi connectivity index (χ1n) is 3.79. The monoisotopic (exact) mass is 328 g/mol. The second-order valence-corrected chi connectivity index (χ2v) is 3.61. The molecule has 82 valence electrons. The predicted molar refractivity (Wildman–Crippen MR) is 57.0 cm³/mol. The number of nitrogens with zero attached hydrogens (tertiary/aromatic N) is 1. The van der Waals surface area contributed by atoms with Crippen molar-refractivity contribution >= 4 is 28.5 Å². The summed E-state index contributed by atoms with van der Waals surface area (Å²) in [7, 11) is 1.23. The number of carbonyl (C=O) groups excluding carboxylic acids is 1. The Morgan fingerprint density at radius 3 is 2.67 bits per heavy atom. The van der Waals surface area contributed by atoms with Crippen molar-refractivity contribution in [2.24, 2.45) is 5.73 Å². The van der Waals surface area contributed by atoms with Crippen LogP contribution in [-0.4, -0.2) is 18.0 Å². The number of amides is 1. The Morgan fingerprint density at radius 1 is 1.67 bits per heavy atom. The number of halogens is 3. The maximum absolute atomic E-state index is 12.5. The molecule has 0 saturated carbocycles. The quantitative estimate of drug-likeness (QED) is 0.679. The number of carbonyl (C=O) groups is 1. The fourth-order valence-electron chi connectivity index (χ4n) is 0.983. The first-order chi connectivity index (χ1) is 6.97. The summed E-state index contributed by atoms with van der Waals surface area (Å²) in [6.45, 7) is 0. The molecular formula is C8H7F2IN2O2. The number of hydrogen-bond acceptors (Lipinski definition) is 3. The minimum atomic E-state index is -2.76. The highest BCUT2D eigenvalue weighted by Gasteiger charge is 2.20. The van der Waals surface area contributed by atoms with Crippen LogP contribution >= 0.6 is 22.6 Å². The van der Waals surface area contributed by atoms with Crippen LogP contribution in [0.1, 0.15) is 22.3 Å². The van der Waals surface area contributed by atoms with Gasteiger partial charge in [0.15, 0.2) is 0 Å². The first kappa shape index (κ1) is 12.1. The highest BCUT2D eigenvalue weighted by molar-refractivity contribution is 14.1. The molecule has 15 heavy (non-hydrogen) atoms. The number of rotatable bonds is 3. The van der Waals surface area contributed by atoms with E-state index < -0.39 is 17.9 Å². The van der Waals surface area contributed by atoms with Crippen LogP contribution in [-0.2, 0) is 0 Å². The lowest BCUT2D eigenvalue weighted by Gasteiger charge is -2.09. The smallest absolute Gasteiger partial charge is 0.269 e. The molecule has 0 aliphatic heterocycles. The number of alkyl halides is 2. The van der Waals surface area contributed by atoms with E-state index in [1.165, 1.54) is 7.11 Å². The topological polar surface area (TPSA) is 65.2 Å². The van der Waals surface area contributed by atoms with E-state index in [1.54, 1.807) is 22.6 Å². The lowest BCUT2D eigenvalue weighted by atomic mass is 10.2. The van der Waals surface area contributed by atoms with Gasteiger partial charge in [0.25, 0.3) is 12.3 Å². The van der Waals surface area contributed by atoms with Gasteiger partial charge in [0.2, 0.25) is 5.88 Å². The normalized spacial score (nSPS) is 10.5. The fraction of sp³-hybridized carbons (Fsp3) is 0.250. The molecule has 0 fully saturated rings. The van der Waals surface area contributed by atoms with E-state index in [0.29, 0.717) is 0 Å². The largest absolute Gasteiger partial charge is 0.481 e. The van der Waals surface area contributed by atoms with E-state index in [2.05, 4.69) is 9.72 Å². The van der Waals surface area contributed by atoms with Crippen molar-refractivity contribution in [2.45, 2.75) is 6.43 Å². The van der Waals surface area contributed by atoms with Gasteiger partial charge < -0.3 is 10.5 Å². The zero-order valence-corrected chi connectivity index (χ0v) is 9.79. The Balaban J connectivity index is 3.37. The van der Waals surface area contributed by atoms with E-state index in [-0.39, 0.29) is 15.1 Å². The number of hydrogen-bond donors (Lipinski definition) is 1. The third kappa shape index (κ3) is 2.52. The summed E-state index contributed by atoms with van der Waals surface area (Å²) in [5.41, 5.74) is 4.53. The van der Waals surface area contributed by atoms with Crippen molar-refractivity contribution < 1.29 is 18.3 Å². The van der Waals surface area contributed by atoms with E-state index in [1.807, 2.05) is 0 Å². The van der Waals surface area contributed by atoms with Gasteiger partial charge in [-0.3, -0.25) is 4.79 Å². The van der Waals surface area contributed by atoms with Crippen molar-refractivity contribution in [2.75, 3.05) is 7.11 Å². The van der Waals surface area contributed by atoms with Gasteiger partial charge in [-0.1, -0.05) is 0 Å². The molecule has 4 nitrogen and oxygen atoms in total. The van der Waals surface area contributed by atoms with E-state index in [0.717, 1.165) is 6.07 Å². The standard InChI is InChI=1S/C8H7F2IN2O2/c1-15-8-3(5(9)10)2-4(7(12)14)6(11)13-8/h2,5H,1H3,(H2,12,14). The summed E-state index contributed by atoms with van der Waals surface area (Å²) < 4.78 is 29.9. The second-order valence-electron chi connectivity index (χ2n) is 2.59. The molecule has 1 amide bonds. The summed E-state index contributed by atoms with van der Waals surface area (Å²) >= 11 is 1.73. The van der Waals surface area contributed by atoms with Gasteiger partial charge in [0.1, 0.15) is 3.70 Å². The van der Waals surface area contributed by atoms with Gasteiger partial charge in [-0.15, -0.1) is 0 Å². The number of ether oxygens (including phenoxy) is 1. The summed E-state index contributed by atoms with van der Waals surface area (Å²) in [5, 5.41) is 0. The summed E-state index contributed by atoms with van der Waals surface area (Å²) in [4.78, 5) is 14.6. The molecular weight excluding hydrogens is 321 g/mol. The van der Waals surface area contributed by atoms with E-state index in [9.17, 15) is 13.6 Å². The maximum Gasteiger partial charge on any atom is 0.269 e. The number of primary amides is 1. The average molecular weight is 328 g/mol. The molecule has 0 saturated heterocycles. The van der Waals surface area contributed by atoms with Crippen LogP contribution in [0.5, 0.6) is 5.88 Å². The Bertz CT molecular complexity index is 398. The minimum absolute atomic E-state index is 0.0355. The van der Waals surface area contributed by atoms with Gasteiger partial charge in [-0.25, -0.2) is 13.8 Å². The predicted octanol–water partition coefficient (Wildman–Crippen LogP) is 1.73. The third-order valence-corrected chi connectivity index (χ3v) is 2.48. The molecule has 1 rings (SSSR count). The SMILES string of the molecule is COc1nc(I)c(C(N)=O)cc1C(F)F. The fourth-order valence-corrected chi connectivity index (χ4v) is 1.62. The maximum atomic E-state index is 12.5. The molecule has 7 heteroatoms. The third-order valence-electron chi connectivity index (χ3n) is 1.66. The van der Waals surface area contributed by atoms with Crippen LogP contribution in [0.25, 0.3) is 0 Å². The highest BCUT2D eigenvalue weighted by Crippen LogP contribution is 2.29. The highest BCUT2D eigenvalue weighted by atomic mass is 127. The Kier molecular flexibility index (Phi) is 3.77. The molecule has 1 heterocycles. The van der Waals surface area contributed by atoms with Crippen molar-refractivity contribution in [3.05, 3.63) is 20.9 Å². The summed E-state index contributed by atoms with van der Waals surface area (Å²) in [5.74, 6) is -0.990. The molecule has 0 radical (unpaired) electrons. The van der Waals surface area contributed by atoms with Crippen LogP contribution in [0, 0.1) is 3.70 Å². The first-order valence-corrected chi connectivity index (χ1v) is 4.87. The van der Waals surface area contributed by atoms with Crippen LogP contribution in [0.2, 0.25) is 0 Å². The van der Waals surface area contributed by atoms with Crippen molar-refractivity contribution in [1.29, 1.82) is 0 Å². The van der Waals surface area contributed by atoms with Crippen LogP contribution in [0.15, 0.2) is 6.07 Å². The van der Waals surface area contributed by atoms with Crippen molar-refractivity contribution in [1.82, 2.24) is 4.98 Å². The summed E-state index contributed by atoms with van der Waals surface area (Å²) in [6, 6.07) is 1.00. The molecule has 2 N–H and O–H groups in total. The van der Waals surface area contributed by atoms with Crippen LogP contribution in [0.4, 0.5) is 8.78 Å². The molecule has 0 aliphatic rings. The second kappa shape index (κ2) is 4.69. The Hall–Kier alpha value is -0.990. The number of methoxy groups -OCH3 is 1. The van der Waals surface area contributed by atoms with E-state index in [4.69, 9.17) is 5.73 Å². The Labute approximate surface area is 98.0 Å². The van der Waals surface area contributed by atoms with Gasteiger partial charge in [-0.2, -0.15) is 0 Å². The minimum Gasteiger partial charge on any atom is -0.481 e. The lowest BCUT2D eigenvalue weighted by Crippen LogP contribution is -2.15. The van der Waals surface area contributed by atoms with Gasteiger partial charge in [0, 0.05) is 0 Å². The zero-order valence-electron chi connectivity index (χ0n) is 7.63. The Morgan fingerprint density at radius 2 is 2.27 bits per heavy atom. The van der Waals surface area contributed by atoms with Gasteiger partial charge >= 0.3 is 0 Å². The van der Waals surface area contributed by atoms with Crippen LogP contribution in [0.3, 0.4) is 0 Å². The van der Waals surface area contributed by atoms with Crippen LogP contribution < -0.4 is 10.5 Å². The van der Waals surface area contributed by atoms with E-state index >= 15 is 0 Å². The summed E-state index contributed by atoms with van der Waals surface area (Å²) in [6.07, 6.45) is -2.76. The number of aromatic nitrogens is 1. The molecule has 0 aliphatic carbocycles. The van der Waals surface area contributed by atoms with Crippen molar-refractivity contribution in [3.63, 3.8) is 0 Å². The van der Waals surface area contributed by atoms with Gasteiger partial charge in [-0.05, 0) is 28.7 Å². The lowest BCUT2D eigenvalue weighted by molar-refractivity contribution is 0.0998. The van der Waals surface area contributed by atoms with Gasteiger partial charge in [0.05, 0.1) is 18.2 Å². The number of pyridine rings is 1. The number of nitrogens with two attached hydrogens (primary N) is 1. The molecule has 0 spiro atoms. The average Bonchev–Trinajstić information content (AvgIpc) is 2.16. The molecule has 1 aromatic rings. The molecule has 0 bridgehead atoms. The van der Waals surface area contributed by atoms with Crippen molar-refractivity contribution in [3.8, 4) is 5.88 Å². The molecule has 0 aromatic carbocycles. The molecule has 1 aromatic heterocycles. The molecule has 0 atom stereocenters.